The first-order chi connectivity index (χ1) is 16.1. The first kappa shape index (κ1) is 20.4. The molecular formula is C26H27FN4O2. The Bertz CT molecular complexity index is 1200. The van der Waals surface area contributed by atoms with Gasteiger partial charge < -0.3 is 15.0 Å². The van der Waals surface area contributed by atoms with E-state index in [1.54, 1.807) is 12.1 Å². The van der Waals surface area contributed by atoms with E-state index in [9.17, 15) is 9.18 Å². The number of halogens is 1. The van der Waals surface area contributed by atoms with Crippen LogP contribution in [-0.2, 0) is 11.2 Å². The zero-order chi connectivity index (χ0) is 22.5. The Balaban J connectivity index is 1.45. The zero-order valence-corrected chi connectivity index (χ0v) is 18.6. The summed E-state index contributed by atoms with van der Waals surface area (Å²) >= 11 is 0. The summed E-state index contributed by atoms with van der Waals surface area (Å²) in [6, 6.07) is 10.7. The molecule has 3 heterocycles. The van der Waals surface area contributed by atoms with Gasteiger partial charge in [-0.15, -0.1) is 0 Å². The van der Waals surface area contributed by atoms with Gasteiger partial charge in [-0.2, -0.15) is 5.10 Å². The molecule has 0 bridgehead atoms. The molecule has 2 fully saturated rings. The van der Waals surface area contributed by atoms with Gasteiger partial charge in [-0.25, -0.2) is 4.39 Å². The van der Waals surface area contributed by atoms with E-state index in [1.165, 1.54) is 12.1 Å². The molecular weight excluding hydrogens is 419 g/mol. The lowest BCUT2D eigenvalue weighted by atomic mass is 9.92. The highest BCUT2D eigenvalue weighted by Gasteiger charge is 2.39. The minimum absolute atomic E-state index is 0.147. The largest absolute Gasteiger partial charge is 0.456 e. The summed E-state index contributed by atoms with van der Waals surface area (Å²) < 4.78 is 21.9. The zero-order valence-electron chi connectivity index (χ0n) is 18.6. The molecule has 3 aromatic rings. The lowest BCUT2D eigenvalue weighted by molar-refractivity contribution is -0.120. The van der Waals surface area contributed by atoms with Crippen molar-refractivity contribution < 1.29 is 13.9 Å². The number of hydrogen-bond acceptors (Lipinski definition) is 4. The van der Waals surface area contributed by atoms with Crippen molar-refractivity contribution in [2.75, 3.05) is 18.0 Å². The third-order valence-corrected chi connectivity index (χ3v) is 6.99. The lowest BCUT2D eigenvalue weighted by Crippen LogP contribution is -2.43. The SMILES string of the molecule is CC1CCc2c(ccc(-c3cnn(C4CNC4)c3)c2Oc2ccc(F)cc2)N1C(=O)C1CC1. The number of anilines is 1. The first-order valence-electron chi connectivity index (χ1n) is 11.8. The number of nitrogens with zero attached hydrogens (tertiary/aromatic N) is 3. The third-order valence-electron chi connectivity index (χ3n) is 6.99. The summed E-state index contributed by atoms with van der Waals surface area (Å²) in [5.41, 5.74) is 3.87. The van der Waals surface area contributed by atoms with Crippen molar-refractivity contribution in [2.45, 2.75) is 44.7 Å². The molecule has 1 aliphatic carbocycles. The molecule has 1 atom stereocenters. The highest BCUT2D eigenvalue weighted by Crippen LogP contribution is 2.46. The van der Waals surface area contributed by atoms with Crippen molar-refractivity contribution in [3.05, 3.63) is 60.2 Å². The fraction of sp³-hybridized carbons (Fsp3) is 0.385. The van der Waals surface area contributed by atoms with Gasteiger partial charge in [0.05, 0.1) is 17.9 Å². The molecule has 0 radical (unpaired) electrons. The van der Waals surface area contributed by atoms with Crippen LogP contribution in [0.15, 0.2) is 48.8 Å². The van der Waals surface area contributed by atoms with E-state index >= 15 is 0 Å². The minimum atomic E-state index is -0.303. The van der Waals surface area contributed by atoms with Crippen molar-refractivity contribution >= 4 is 11.6 Å². The fourth-order valence-corrected chi connectivity index (χ4v) is 4.77. The summed E-state index contributed by atoms with van der Waals surface area (Å²) in [4.78, 5) is 15.1. The molecule has 1 saturated carbocycles. The average molecular weight is 447 g/mol. The quantitative estimate of drug-likeness (QED) is 0.617. The number of benzene rings is 2. The van der Waals surface area contributed by atoms with Crippen molar-refractivity contribution in [1.82, 2.24) is 15.1 Å². The maximum absolute atomic E-state index is 13.5. The molecule has 1 N–H and O–H groups in total. The highest BCUT2D eigenvalue weighted by atomic mass is 19.1. The van der Waals surface area contributed by atoms with Gasteiger partial charge in [0, 0.05) is 47.9 Å². The predicted molar refractivity (Wildman–Crippen MR) is 124 cm³/mol. The number of nitrogens with one attached hydrogen (secondary N) is 1. The van der Waals surface area contributed by atoms with Gasteiger partial charge in [0.15, 0.2) is 0 Å². The van der Waals surface area contributed by atoms with E-state index in [-0.39, 0.29) is 23.7 Å². The predicted octanol–water partition coefficient (Wildman–Crippen LogP) is 4.70. The molecule has 0 spiro atoms. The molecule has 33 heavy (non-hydrogen) atoms. The van der Waals surface area contributed by atoms with Crippen LogP contribution >= 0.6 is 0 Å². The summed E-state index contributed by atoms with van der Waals surface area (Å²) in [6.07, 6.45) is 7.57. The first-order valence-corrected chi connectivity index (χ1v) is 11.8. The van der Waals surface area contributed by atoms with Crippen LogP contribution in [0.3, 0.4) is 0 Å². The van der Waals surface area contributed by atoms with Crippen LogP contribution < -0.4 is 15.0 Å². The number of carbonyl (C=O) groups is 1. The standard InChI is InChI=1S/C26H27FN4O2/c1-16-2-9-23-24(31(16)26(32)17-3-4-17)11-10-22(18-12-29-30(15-18)20-13-28-14-20)25(23)33-21-7-5-19(27)6-8-21/h5-8,10-12,15-17,20,28H,2-4,9,13-14H2,1H3. The van der Waals surface area contributed by atoms with Gasteiger partial charge in [0.2, 0.25) is 5.91 Å². The van der Waals surface area contributed by atoms with E-state index < -0.39 is 0 Å². The van der Waals surface area contributed by atoms with E-state index in [0.717, 1.165) is 66.9 Å². The van der Waals surface area contributed by atoms with Crippen LogP contribution in [-0.4, -0.2) is 34.8 Å². The number of hydrogen-bond donors (Lipinski definition) is 1. The average Bonchev–Trinajstić information content (AvgIpc) is 3.53. The van der Waals surface area contributed by atoms with Gasteiger partial charge in [0.1, 0.15) is 17.3 Å². The molecule has 1 saturated heterocycles. The Morgan fingerprint density at radius 2 is 1.91 bits per heavy atom. The Morgan fingerprint density at radius 1 is 1.12 bits per heavy atom. The molecule has 2 aromatic carbocycles. The molecule has 1 unspecified atom stereocenters. The van der Waals surface area contributed by atoms with Crippen LogP contribution in [0.1, 0.15) is 37.8 Å². The van der Waals surface area contributed by atoms with Gasteiger partial charge in [-0.3, -0.25) is 9.48 Å². The highest BCUT2D eigenvalue weighted by molar-refractivity contribution is 5.99. The third kappa shape index (κ3) is 3.70. The molecule has 6 nitrogen and oxygen atoms in total. The monoisotopic (exact) mass is 446 g/mol. The second-order valence-electron chi connectivity index (χ2n) is 9.39. The number of rotatable bonds is 5. The molecule has 6 rings (SSSR count). The number of amides is 1. The summed E-state index contributed by atoms with van der Waals surface area (Å²) in [5.74, 6) is 1.36. The van der Waals surface area contributed by atoms with Crippen molar-refractivity contribution in [3.8, 4) is 22.6 Å². The van der Waals surface area contributed by atoms with Crippen LogP contribution in [0.5, 0.6) is 11.5 Å². The Morgan fingerprint density at radius 3 is 2.61 bits per heavy atom. The second-order valence-corrected chi connectivity index (χ2v) is 9.39. The molecule has 2 aliphatic heterocycles. The Hall–Kier alpha value is -3.19. The normalized spacial score (nSPS) is 20.3. The van der Waals surface area contributed by atoms with Crippen LogP contribution in [0.25, 0.3) is 11.1 Å². The smallest absolute Gasteiger partial charge is 0.230 e. The second kappa shape index (κ2) is 7.99. The van der Waals surface area contributed by atoms with Crippen LogP contribution in [0.2, 0.25) is 0 Å². The summed E-state index contributed by atoms with van der Waals surface area (Å²) in [6.45, 7) is 3.95. The Labute approximate surface area is 192 Å². The number of aromatic nitrogens is 2. The molecule has 7 heteroatoms. The van der Waals surface area contributed by atoms with Gasteiger partial charge in [0.25, 0.3) is 0 Å². The van der Waals surface area contributed by atoms with Crippen molar-refractivity contribution in [1.29, 1.82) is 0 Å². The van der Waals surface area contributed by atoms with Crippen molar-refractivity contribution in [3.63, 3.8) is 0 Å². The topological polar surface area (TPSA) is 59.4 Å². The molecule has 170 valence electrons. The molecule has 1 amide bonds. The maximum Gasteiger partial charge on any atom is 0.230 e. The molecule has 1 aromatic heterocycles. The van der Waals surface area contributed by atoms with Crippen LogP contribution in [0.4, 0.5) is 10.1 Å². The number of fused-ring (bicyclic) bond motifs is 1. The van der Waals surface area contributed by atoms with E-state index in [4.69, 9.17) is 4.74 Å². The van der Waals surface area contributed by atoms with E-state index in [0.29, 0.717) is 11.8 Å². The number of ether oxygens (including phenoxy) is 1. The van der Waals surface area contributed by atoms with E-state index in [2.05, 4.69) is 29.6 Å². The van der Waals surface area contributed by atoms with Crippen LogP contribution in [0, 0.1) is 11.7 Å². The molecule has 3 aliphatic rings. The maximum atomic E-state index is 13.5. The van der Waals surface area contributed by atoms with Gasteiger partial charge in [-0.1, -0.05) is 0 Å². The Kier molecular flexibility index (Phi) is 4.94. The summed E-state index contributed by atoms with van der Waals surface area (Å²) in [5, 5.41) is 7.86. The lowest BCUT2D eigenvalue weighted by Gasteiger charge is -2.36. The minimum Gasteiger partial charge on any atom is -0.456 e. The number of carbonyl (C=O) groups excluding carboxylic acids is 1. The van der Waals surface area contributed by atoms with E-state index in [1.807, 2.05) is 21.8 Å². The fourth-order valence-electron chi connectivity index (χ4n) is 4.77. The summed E-state index contributed by atoms with van der Waals surface area (Å²) in [7, 11) is 0. The van der Waals surface area contributed by atoms with Crippen molar-refractivity contribution in [2.24, 2.45) is 5.92 Å². The van der Waals surface area contributed by atoms with Gasteiger partial charge in [-0.05, 0) is 69.0 Å². The van der Waals surface area contributed by atoms with Gasteiger partial charge >= 0.3 is 0 Å².